The van der Waals surface area contributed by atoms with E-state index in [4.69, 9.17) is 4.74 Å². The average Bonchev–Trinajstić information content (AvgIpc) is 2.89. The molecule has 0 saturated carbocycles. The Morgan fingerprint density at radius 3 is 2.48 bits per heavy atom. The highest BCUT2D eigenvalue weighted by Crippen LogP contribution is 2.24. The number of aromatic amines is 1. The minimum Gasteiger partial charge on any atom is -0.494 e. The van der Waals surface area contributed by atoms with Crippen LogP contribution in [0.5, 0.6) is 5.75 Å². The number of nitrogens with one attached hydrogen (secondary N) is 1. The molecule has 2 aromatic carbocycles. The molecule has 21 heavy (non-hydrogen) atoms. The van der Waals surface area contributed by atoms with Gasteiger partial charge in [-0.25, -0.2) is 4.98 Å². The van der Waals surface area contributed by atoms with Crippen molar-refractivity contribution >= 4 is 11.0 Å². The van der Waals surface area contributed by atoms with Gasteiger partial charge in [0.2, 0.25) is 0 Å². The van der Waals surface area contributed by atoms with E-state index in [0.717, 1.165) is 41.2 Å². The first-order valence-corrected chi connectivity index (χ1v) is 7.37. The fourth-order valence-electron chi connectivity index (χ4n) is 2.34. The predicted molar refractivity (Wildman–Crippen MR) is 86.8 cm³/mol. The second-order valence-electron chi connectivity index (χ2n) is 5.41. The lowest BCUT2D eigenvalue weighted by atomic mass is 10.1. The van der Waals surface area contributed by atoms with Gasteiger partial charge in [0, 0.05) is 5.56 Å². The minimum atomic E-state index is 0.753. The van der Waals surface area contributed by atoms with Crippen molar-refractivity contribution in [1.82, 2.24) is 9.97 Å². The molecule has 3 rings (SSSR count). The van der Waals surface area contributed by atoms with Gasteiger partial charge in [-0.2, -0.15) is 0 Å². The van der Waals surface area contributed by atoms with Crippen LogP contribution in [0.1, 0.15) is 24.5 Å². The van der Waals surface area contributed by atoms with Crippen molar-refractivity contribution in [3.05, 3.63) is 47.5 Å². The number of fused-ring (bicyclic) bond motifs is 1. The summed E-state index contributed by atoms with van der Waals surface area (Å²) in [5.41, 5.74) is 5.72. The van der Waals surface area contributed by atoms with Crippen molar-refractivity contribution in [1.29, 1.82) is 0 Å². The van der Waals surface area contributed by atoms with Crippen LogP contribution in [0.15, 0.2) is 36.4 Å². The number of ether oxygens (including phenoxy) is 1. The first-order chi connectivity index (χ1) is 10.2. The molecule has 0 spiro atoms. The summed E-state index contributed by atoms with van der Waals surface area (Å²) in [5.74, 6) is 1.81. The molecule has 108 valence electrons. The van der Waals surface area contributed by atoms with Crippen molar-refractivity contribution in [2.24, 2.45) is 0 Å². The number of hydrogen-bond donors (Lipinski definition) is 1. The first kappa shape index (κ1) is 13.7. The lowest BCUT2D eigenvalue weighted by molar-refractivity contribution is 0.317. The minimum absolute atomic E-state index is 0.753. The zero-order valence-electron chi connectivity index (χ0n) is 12.7. The second kappa shape index (κ2) is 5.60. The van der Waals surface area contributed by atoms with Gasteiger partial charge in [0.15, 0.2) is 0 Å². The number of aromatic nitrogens is 2. The summed E-state index contributed by atoms with van der Waals surface area (Å²) < 4.78 is 5.61. The maximum absolute atomic E-state index is 5.61. The molecule has 3 nitrogen and oxygen atoms in total. The number of H-pyrrole nitrogens is 1. The van der Waals surface area contributed by atoms with Gasteiger partial charge in [0.25, 0.3) is 0 Å². The lowest BCUT2D eigenvalue weighted by Crippen LogP contribution is -1.94. The van der Waals surface area contributed by atoms with Crippen LogP contribution >= 0.6 is 0 Å². The molecule has 1 heterocycles. The molecule has 0 saturated heterocycles. The van der Waals surface area contributed by atoms with E-state index in [1.165, 1.54) is 11.1 Å². The normalized spacial score (nSPS) is 11.0. The van der Waals surface area contributed by atoms with Gasteiger partial charge in [-0.3, -0.25) is 0 Å². The van der Waals surface area contributed by atoms with Crippen molar-refractivity contribution < 1.29 is 4.74 Å². The Morgan fingerprint density at radius 1 is 1.05 bits per heavy atom. The Labute approximate surface area is 125 Å². The maximum Gasteiger partial charge on any atom is 0.138 e. The Hall–Kier alpha value is -2.29. The van der Waals surface area contributed by atoms with Gasteiger partial charge in [-0.05, 0) is 67.8 Å². The molecule has 1 N–H and O–H groups in total. The summed E-state index contributed by atoms with van der Waals surface area (Å²) in [6.45, 7) is 7.09. The van der Waals surface area contributed by atoms with Crippen LogP contribution in [0.2, 0.25) is 0 Å². The van der Waals surface area contributed by atoms with E-state index < -0.39 is 0 Å². The molecule has 3 heteroatoms. The molecule has 0 aliphatic carbocycles. The van der Waals surface area contributed by atoms with Gasteiger partial charge >= 0.3 is 0 Å². The van der Waals surface area contributed by atoms with E-state index in [1.54, 1.807) is 0 Å². The molecular weight excluding hydrogens is 260 g/mol. The molecule has 0 fully saturated rings. The highest BCUT2D eigenvalue weighted by atomic mass is 16.5. The second-order valence-corrected chi connectivity index (χ2v) is 5.41. The van der Waals surface area contributed by atoms with E-state index in [-0.39, 0.29) is 0 Å². The van der Waals surface area contributed by atoms with Gasteiger partial charge in [0.05, 0.1) is 17.6 Å². The molecule has 3 aromatic rings. The molecular formula is C18H20N2O. The van der Waals surface area contributed by atoms with E-state index in [9.17, 15) is 0 Å². The van der Waals surface area contributed by atoms with E-state index in [0.29, 0.717) is 0 Å². The van der Waals surface area contributed by atoms with Gasteiger partial charge in [-0.15, -0.1) is 0 Å². The van der Waals surface area contributed by atoms with E-state index >= 15 is 0 Å². The van der Waals surface area contributed by atoms with Gasteiger partial charge in [-0.1, -0.05) is 6.92 Å². The van der Waals surface area contributed by atoms with Gasteiger partial charge in [0.1, 0.15) is 11.6 Å². The smallest absolute Gasteiger partial charge is 0.138 e. The Bertz CT molecular complexity index is 718. The Balaban J connectivity index is 1.92. The third kappa shape index (κ3) is 2.77. The highest BCUT2D eigenvalue weighted by molar-refractivity contribution is 5.81. The summed E-state index contributed by atoms with van der Waals surface area (Å²) in [4.78, 5) is 8.07. The highest BCUT2D eigenvalue weighted by Gasteiger charge is 2.07. The van der Waals surface area contributed by atoms with Crippen LogP contribution in [0.4, 0.5) is 0 Å². The molecule has 0 aliphatic heterocycles. The van der Waals surface area contributed by atoms with Crippen LogP contribution in [0.25, 0.3) is 22.4 Å². The van der Waals surface area contributed by atoms with Crippen LogP contribution in [-0.4, -0.2) is 16.6 Å². The first-order valence-electron chi connectivity index (χ1n) is 7.37. The van der Waals surface area contributed by atoms with Crippen molar-refractivity contribution in [2.75, 3.05) is 6.61 Å². The van der Waals surface area contributed by atoms with Crippen LogP contribution in [0.3, 0.4) is 0 Å². The Kier molecular flexibility index (Phi) is 3.65. The van der Waals surface area contributed by atoms with E-state index in [2.05, 4.69) is 42.9 Å². The molecule has 0 atom stereocenters. The number of rotatable bonds is 4. The van der Waals surface area contributed by atoms with Crippen LogP contribution in [-0.2, 0) is 0 Å². The topological polar surface area (TPSA) is 37.9 Å². The fourth-order valence-corrected chi connectivity index (χ4v) is 2.34. The largest absolute Gasteiger partial charge is 0.494 e. The zero-order valence-corrected chi connectivity index (χ0v) is 12.7. The SMILES string of the molecule is CCCOc1ccc(-c2nc3cc(C)c(C)cc3[nH]2)cc1. The molecule has 1 aromatic heterocycles. The molecule has 0 amide bonds. The average molecular weight is 280 g/mol. The van der Waals surface area contributed by atoms with Crippen molar-refractivity contribution in [3.63, 3.8) is 0 Å². The fraction of sp³-hybridized carbons (Fsp3) is 0.278. The maximum atomic E-state index is 5.61. The third-order valence-electron chi connectivity index (χ3n) is 3.70. The molecule has 0 unspecified atom stereocenters. The zero-order chi connectivity index (χ0) is 14.8. The van der Waals surface area contributed by atoms with E-state index in [1.807, 2.05) is 24.3 Å². The summed E-state index contributed by atoms with van der Waals surface area (Å²) in [6, 6.07) is 12.4. The molecule has 0 aliphatic rings. The monoisotopic (exact) mass is 280 g/mol. The predicted octanol–water partition coefficient (Wildman–Crippen LogP) is 4.64. The van der Waals surface area contributed by atoms with Crippen molar-refractivity contribution in [2.45, 2.75) is 27.2 Å². The third-order valence-corrected chi connectivity index (χ3v) is 3.70. The number of hydrogen-bond acceptors (Lipinski definition) is 2. The van der Waals surface area contributed by atoms with Crippen molar-refractivity contribution in [3.8, 4) is 17.1 Å². The number of nitrogens with zero attached hydrogens (tertiary/aromatic N) is 1. The summed E-state index contributed by atoms with van der Waals surface area (Å²) in [7, 11) is 0. The Morgan fingerprint density at radius 2 is 1.76 bits per heavy atom. The summed E-state index contributed by atoms with van der Waals surface area (Å²) >= 11 is 0. The summed E-state index contributed by atoms with van der Waals surface area (Å²) in [6.07, 6.45) is 1.02. The number of aryl methyl sites for hydroxylation is 2. The van der Waals surface area contributed by atoms with Gasteiger partial charge < -0.3 is 9.72 Å². The quantitative estimate of drug-likeness (QED) is 0.756. The lowest BCUT2D eigenvalue weighted by Gasteiger charge is -2.04. The molecule has 0 radical (unpaired) electrons. The summed E-state index contributed by atoms with van der Waals surface area (Å²) in [5, 5.41) is 0. The van der Waals surface area contributed by atoms with Crippen LogP contribution in [0, 0.1) is 13.8 Å². The standard InChI is InChI=1S/C18H20N2O/c1-4-9-21-15-7-5-14(6-8-15)18-19-16-10-12(2)13(3)11-17(16)20-18/h5-8,10-11H,4,9H2,1-3H3,(H,19,20). The van der Waals surface area contributed by atoms with Crippen LogP contribution < -0.4 is 4.74 Å². The number of benzene rings is 2. The number of imidazole rings is 1. The molecule has 0 bridgehead atoms.